The molecule has 0 unspecified atom stereocenters. The molecule has 2 aromatic rings. The van der Waals surface area contributed by atoms with E-state index in [0.29, 0.717) is 14.5 Å². The van der Waals surface area contributed by atoms with Crippen molar-refractivity contribution in [2.45, 2.75) is 11.3 Å². The van der Waals surface area contributed by atoms with Gasteiger partial charge in [0.05, 0.1) is 5.75 Å². The van der Waals surface area contributed by atoms with Crippen molar-refractivity contribution in [1.29, 1.82) is 0 Å². The van der Waals surface area contributed by atoms with Crippen LogP contribution in [-0.4, -0.2) is 21.9 Å². The summed E-state index contributed by atoms with van der Waals surface area (Å²) < 4.78 is 0.694. The molecule has 5 nitrogen and oxygen atoms in total. The van der Waals surface area contributed by atoms with Gasteiger partial charge in [0.2, 0.25) is 11.0 Å². The number of nitrogens with zero attached hydrogens (tertiary/aromatic N) is 2. The number of hydrogen-bond acceptors (Lipinski definition) is 6. The maximum atomic E-state index is 10.7. The highest BCUT2D eigenvalue weighted by Gasteiger charge is 2.07. The Kier molecular flexibility index (Phi) is 4.62. The molecule has 1 aromatic heterocycles. The first-order valence-corrected chi connectivity index (χ1v) is 7.50. The van der Waals surface area contributed by atoms with Gasteiger partial charge in [0.25, 0.3) is 0 Å². The number of nitrogens with one attached hydrogen (secondary N) is 1. The summed E-state index contributed by atoms with van der Waals surface area (Å²) in [5.74, 6) is -0.176. The quantitative estimate of drug-likeness (QED) is 0.829. The number of thioether (sulfide) groups is 1. The largest absolute Gasteiger partial charge is 0.369 e. The van der Waals surface area contributed by atoms with Crippen molar-refractivity contribution in [3.05, 3.63) is 28.8 Å². The van der Waals surface area contributed by atoms with Crippen LogP contribution in [0.3, 0.4) is 0 Å². The molecular weight excluding hydrogens is 304 g/mol. The molecule has 0 bridgehead atoms. The molecule has 8 heteroatoms. The van der Waals surface area contributed by atoms with Gasteiger partial charge in [-0.05, 0) is 24.6 Å². The molecule has 0 atom stereocenters. The fourth-order valence-corrected chi connectivity index (χ4v) is 2.94. The van der Waals surface area contributed by atoms with Gasteiger partial charge in [-0.3, -0.25) is 4.79 Å². The normalized spacial score (nSPS) is 10.4. The fraction of sp³-hybridized carbons (Fsp3) is 0.182. The standard InChI is InChI=1S/C11H11ClN4OS2/c1-6-2-3-7(4-8(6)12)14-10-15-16-11(19-10)18-5-9(13)17/h2-4H,5H2,1H3,(H2,13,17)(H,14,15). The molecule has 100 valence electrons. The van der Waals surface area contributed by atoms with Crippen molar-refractivity contribution < 1.29 is 4.79 Å². The molecule has 1 aromatic carbocycles. The van der Waals surface area contributed by atoms with E-state index < -0.39 is 0 Å². The molecular formula is C11H11ClN4OS2. The maximum Gasteiger partial charge on any atom is 0.227 e. The van der Waals surface area contributed by atoms with Crippen LogP contribution in [0.25, 0.3) is 0 Å². The Morgan fingerprint density at radius 2 is 2.32 bits per heavy atom. The number of anilines is 2. The van der Waals surface area contributed by atoms with E-state index in [1.54, 1.807) is 0 Å². The molecule has 3 N–H and O–H groups in total. The Hall–Kier alpha value is -1.31. The number of benzene rings is 1. The average Bonchev–Trinajstić information content (AvgIpc) is 2.79. The lowest BCUT2D eigenvalue weighted by Gasteiger charge is -2.03. The maximum absolute atomic E-state index is 10.7. The Bertz CT molecular complexity index is 602. The van der Waals surface area contributed by atoms with Gasteiger partial charge in [0, 0.05) is 10.7 Å². The van der Waals surface area contributed by atoms with Crippen LogP contribution in [0.15, 0.2) is 22.5 Å². The van der Waals surface area contributed by atoms with Crippen molar-refractivity contribution in [2.75, 3.05) is 11.1 Å². The minimum Gasteiger partial charge on any atom is -0.369 e. The monoisotopic (exact) mass is 314 g/mol. The number of carbonyl (C=O) groups is 1. The molecule has 0 radical (unpaired) electrons. The van der Waals surface area contributed by atoms with Gasteiger partial charge >= 0.3 is 0 Å². The first kappa shape index (κ1) is 14.1. The van der Waals surface area contributed by atoms with E-state index in [1.807, 2.05) is 25.1 Å². The van der Waals surface area contributed by atoms with E-state index in [2.05, 4.69) is 15.5 Å². The molecule has 0 spiro atoms. The predicted octanol–water partition coefficient (Wildman–Crippen LogP) is 2.82. The van der Waals surface area contributed by atoms with E-state index in [4.69, 9.17) is 17.3 Å². The van der Waals surface area contributed by atoms with Gasteiger partial charge in [-0.25, -0.2) is 0 Å². The second kappa shape index (κ2) is 6.23. The minimum atomic E-state index is -0.375. The van der Waals surface area contributed by atoms with Crippen LogP contribution in [0.4, 0.5) is 10.8 Å². The van der Waals surface area contributed by atoms with Crippen molar-refractivity contribution in [1.82, 2.24) is 10.2 Å². The topological polar surface area (TPSA) is 80.9 Å². The highest BCUT2D eigenvalue weighted by molar-refractivity contribution is 8.01. The van der Waals surface area contributed by atoms with Gasteiger partial charge < -0.3 is 11.1 Å². The zero-order chi connectivity index (χ0) is 13.8. The molecule has 0 aliphatic carbocycles. The van der Waals surface area contributed by atoms with Crippen molar-refractivity contribution >= 4 is 51.4 Å². The second-order valence-corrected chi connectivity index (χ2v) is 6.32. The third kappa shape index (κ3) is 4.09. The number of aryl methyl sites for hydroxylation is 1. The number of rotatable bonds is 5. The van der Waals surface area contributed by atoms with Crippen LogP contribution < -0.4 is 11.1 Å². The Morgan fingerprint density at radius 1 is 1.53 bits per heavy atom. The van der Waals surface area contributed by atoms with Crippen LogP contribution in [-0.2, 0) is 4.79 Å². The predicted molar refractivity (Wildman–Crippen MR) is 79.3 cm³/mol. The van der Waals surface area contributed by atoms with E-state index >= 15 is 0 Å². The average molecular weight is 315 g/mol. The lowest BCUT2D eigenvalue weighted by Crippen LogP contribution is -2.12. The van der Waals surface area contributed by atoms with E-state index in [0.717, 1.165) is 11.3 Å². The summed E-state index contributed by atoms with van der Waals surface area (Å²) in [5.41, 5.74) is 6.93. The third-order valence-electron chi connectivity index (χ3n) is 2.17. The third-order valence-corrected chi connectivity index (χ3v) is 4.57. The molecule has 0 saturated carbocycles. The van der Waals surface area contributed by atoms with E-state index in [9.17, 15) is 4.79 Å². The summed E-state index contributed by atoms with van der Waals surface area (Å²) in [7, 11) is 0. The summed E-state index contributed by atoms with van der Waals surface area (Å²) in [6, 6.07) is 5.67. The van der Waals surface area contributed by atoms with Crippen molar-refractivity contribution in [2.24, 2.45) is 5.73 Å². The highest BCUT2D eigenvalue weighted by atomic mass is 35.5. The molecule has 2 rings (SSSR count). The number of halogens is 1. The first-order valence-electron chi connectivity index (χ1n) is 5.32. The molecule has 1 amide bonds. The van der Waals surface area contributed by atoms with Crippen LogP contribution >= 0.6 is 34.7 Å². The van der Waals surface area contributed by atoms with Crippen LogP contribution in [0, 0.1) is 6.92 Å². The van der Waals surface area contributed by atoms with E-state index in [-0.39, 0.29) is 11.7 Å². The van der Waals surface area contributed by atoms with Crippen LogP contribution in [0.2, 0.25) is 5.02 Å². The first-order chi connectivity index (χ1) is 9.04. The summed E-state index contributed by atoms with van der Waals surface area (Å²) >= 11 is 8.67. The number of amides is 1. The summed E-state index contributed by atoms with van der Waals surface area (Å²) in [5, 5.41) is 12.4. The van der Waals surface area contributed by atoms with Gasteiger partial charge in [-0.1, -0.05) is 40.8 Å². The molecule has 0 aliphatic rings. The molecule has 19 heavy (non-hydrogen) atoms. The summed E-state index contributed by atoms with van der Waals surface area (Å²) in [4.78, 5) is 10.7. The zero-order valence-corrected chi connectivity index (χ0v) is 12.4. The zero-order valence-electron chi connectivity index (χ0n) is 10.0. The number of nitrogens with two attached hydrogens (primary N) is 1. The van der Waals surface area contributed by atoms with Crippen LogP contribution in [0.1, 0.15) is 5.56 Å². The summed E-state index contributed by atoms with van der Waals surface area (Å²) in [6.45, 7) is 1.94. The van der Waals surface area contributed by atoms with Gasteiger partial charge in [0.15, 0.2) is 4.34 Å². The Morgan fingerprint density at radius 3 is 3.00 bits per heavy atom. The molecule has 1 heterocycles. The number of aromatic nitrogens is 2. The van der Waals surface area contributed by atoms with Crippen LogP contribution in [0.5, 0.6) is 0 Å². The van der Waals surface area contributed by atoms with E-state index in [1.165, 1.54) is 23.1 Å². The second-order valence-electron chi connectivity index (χ2n) is 3.72. The number of hydrogen-bond donors (Lipinski definition) is 2. The molecule has 0 saturated heterocycles. The Balaban J connectivity index is 2.02. The fourth-order valence-electron chi connectivity index (χ4n) is 1.25. The lowest BCUT2D eigenvalue weighted by atomic mass is 10.2. The van der Waals surface area contributed by atoms with Gasteiger partial charge in [0.1, 0.15) is 0 Å². The van der Waals surface area contributed by atoms with Crippen molar-refractivity contribution in [3.8, 4) is 0 Å². The van der Waals surface area contributed by atoms with Crippen molar-refractivity contribution in [3.63, 3.8) is 0 Å². The SMILES string of the molecule is Cc1ccc(Nc2nnc(SCC(N)=O)s2)cc1Cl. The summed E-state index contributed by atoms with van der Waals surface area (Å²) in [6.07, 6.45) is 0. The lowest BCUT2D eigenvalue weighted by molar-refractivity contribution is -0.115. The minimum absolute atomic E-state index is 0.199. The molecule has 0 fully saturated rings. The van der Waals surface area contributed by atoms with Gasteiger partial charge in [-0.2, -0.15) is 0 Å². The highest BCUT2D eigenvalue weighted by Crippen LogP contribution is 2.28. The number of carbonyl (C=O) groups excluding carboxylic acids is 1. The van der Waals surface area contributed by atoms with Gasteiger partial charge in [-0.15, -0.1) is 10.2 Å². The molecule has 0 aliphatic heterocycles. The number of primary amides is 1. The smallest absolute Gasteiger partial charge is 0.227 e. The Labute approximate surface area is 123 Å².